The third-order valence-electron chi connectivity index (χ3n) is 5.68. The molecule has 0 N–H and O–H groups in total. The lowest BCUT2D eigenvalue weighted by Crippen LogP contribution is -2.47. The molecule has 4 aromatic rings. The Labute approximate surface area is 201 Å². The molecule has 1 aliphatic heterocycles. The highest BCUT2D eigenvalue weighted by Gasteiger charge is 2.23. The number of piperazine rings is 1. The average molecular weight is 481 g/mol. The Kier molecular flexibility index (Phi) is 6.23. The van der Waals surface area contributed by atoms with Crippen LogP contribution < -0.4 is 14.4 Å². The Morgan fingerprint density at radius 3 is 2.47 bits per heavy atom. The number of rotatable bonds is 7. The first-order chi connectivity index (χ1) is 16.7. The monoisotopic (exact) mass is 480 g/mol. The van der Waals surface area contributed by atoms with Gasteiger partial charge in [0.1, 0.15) is 0 Å². The summed E-state index contributed by atoms with van der Waals surface area (Å²) >= 11 is 5.42. The van der Waals surface area contributed by atoms with Gasteiger partial charge < -0.3 is 18.8 Å². The van der Waals surface area contributed by atoms with Gasteiger partial charge in [-0.25, -0.2) is 4.68 Å². The minimum atomic E-state index is 0.320. The van der Waals surface area contributed by atoms with Gasteiger partial charge in [0.05, 0.1) is 26.6 Å². The van der Waals surface area contributed by atoms with E-state index >= 15 is 0 Å². The fourth-order valence-electron chi connectivity index (χ4n) is 3.88. The van der Waals surface area contributed by atoms with Crippen LogP contribution in [0, 0.1) is 4.84 Å². The van der Waals surface area contributed by atoms with E-state index in [1.807, 2.05) is 48.5 Å². The summed E-state index contributed by atoms with van der Waals surface area (Å²) in [5.74, 6) is 2.41. The molecule has 2 aromatic carbocycles. The highest BCUT2D eigenvalue weighted by Crippen LogP contribution is 2.31. The van der Waals surface area contributed by atoms with Gasteiger partial charge in [0, 0.05) is 31.7 Å². The SMILES string of the molecule is COc1ccc(-c2nn(CN3CCN(c4nnnn4-c4ccccc4)CC3)c(=S)o2)cc1OC. The summed E-state index contributed by atoms with van der Waals surface area (Å²) in [5, 5.41) is 16.9. The van der Waals surface area contributed by atoms with Crippen molar-refractivity contribution in [2.75, 3.05) is 45.3 Å². The van der Waals surface area contributed by atoms with Crippen molar-refractivity contribution in [3.05, 3.63) is 53.4 Å². The molecule has 0 radical (unpaired) electrons. The number of ether oxygens (including phenoxy) is 2. The van der Waals surface area contributed by atoms with Crippen LogP contribution in [-0.2, 0) is 6.67 Å². The molecule has 0 aliphatic carbocycles. The van der Waals surface area contributed by atoms with Crippen LogP contribution >= 0.6 is 12.2 Å². The van der Waals surface area contributed by atoms with Crippen molar-refractivity contribution in [1.29, 1.82) is 0 Å². The molecule has 0 bridgehead atoms. The summed E-state index contributed by atoms with van der Waals surface area (Å²) in [6, 6.07) is 15.4. The fraction of sp³-hybridized carbons (Fsp3) is 0.318. The molecule has 0 saturated carbocycles. The molecule has 2 aromatic heterocycles. The van der Waals surface area contributed by atoms with Crippen LogP contribution in [-0.4, -0.2) is 75.3 Å². The average Bonchev–Trinajstić information content (AvgIpc) is 3.52. The maximum Gasteiger partial charge on any atom is 0.288 e. The number of para-hydroxylation sites is 1. The fourth-order valence-corrected chi connectivity index (χ4v) is 4.05. The molecule has 34 heavy (non-hydrogen) atoms. The smallest absolute Gasteiger partial charge is 0.288 e. The number of benzene rings is 2. The number of anilines is 1. The second-order valence-corrected chi connectivity index (χ2v) is 8.06. The molecule has 5 rings (SSSR count). The Morgan fingerprint density at radius 1 is 0.971 bits per heavy atom. The first-order valence-electron chi connectivity index (χ1n) is 10.8. The summed E-state index contributed by atoms with van der Waals surface area (Å²) in [6.45, 7) is 3.71. The number of hydrogen-bond acceptors (Lipinski definition) is 10. The van der Waals surface area contributed by atoms with Gasteiger partial charge in [-0.05, 0) is 53.0 Å². The lowest BCUT2D eigenvalue weighted by Gasteiger charge is -2.34. The summed E-state index contributed by atoms with van der Waals surface area (Å²) in [6.07, 6.45) is 0. The van der Waals surface area contributed by atoms with E-state index in [1.54, 1.807) is 23.6 Å². The zero-order valence-electron chi connectivity index (χ0n) is 18.9. The van der Waals surface area contributed by atoms with Crippen LogP contribution in [0.2, 0.25) is 0 Å². The number of methoxy groups -OCH3 is 2. The van der Waals surface area contributed by atoms with Gasteiger partial charge in [-0.15, -0.1) is 5.10 Å². The van der Waals surface area contributed by atoms with Crippen molar-refractivity contribution >= 4 is 18.2 Å². The Balaban J connectivity index is 1.26. The number of hydrogen-bond donors (Lipinski definition) is 0. The minimum absolute atomic E-state index is 0.320. The summed E-state index contributed by atoms with van der Waals surface area (Å²) < 4.78 is 19.9. The molecule has 0 amide bonds. The maximum atomic E-state index is 5.76. The second kappa shape index (κ2) is 9.61. The molecule has 0 unspecified atom stereocenters. The molecule has 12 heteroatoms. The third-order valence-corrected chi connectivity index (χ3v) is 5.97. The maximum absolute atomic E-state index is 5.76. The number of aromatic nitrogens is 6. The van der Waals surface area contributed by atoms with Gasteiger partial charge in [-0.3, -0.25) is 4.90 Å². The van der Waals surface area contributed by atoms with Crippen molar-refractivity contribution in [1.82, 2.24) is 34.9 Å². The standard InChI is InChI=1S/C22H24N8O3S/c1-31-18-9-8-16(14-19(18)32-2)20-24-29(22(34)33-20)15-27-10-12-28(13-11-27)21-23-25-26-30(21)17-6-4-3-5-7-17/h3-9,14H,10-13,15H2,1-2H3. The topological polar surface area (TPSA) is 99.5 Å². The third kappa shape index (κ3) is 4.37. The quantitative estimate of drug-likeness (QED) is 0.367. The highest BCUT2D eigenvalue weighted by molar-refractivity contribution is 7.71. The molecule has 11 nitrogen and oxygen atoms in total. The van der Waals surface area contributed by atoms with Crippen LogP contribution in [0.1, 0.15) is 0 Å². The minimum Gasteiger partial charge on any atom is -0.493 e. The van der Waals surface area contributed by atoms with Gasteiger partial charge >= 0.3 is 0 Å². The van der Waals surface area contributed by atoms with Crippen molar-refractivity contribution in [2.45, 2.75) is 6.67 Å². The van der Waals surface area contributed by atoms with E-state index in [1.165, 1.54) is 0 Å². The molecular weight excluding hydrogens is 456 g/mol. The van der Waals surface area contributed by atoms with Crippen LogP contribution in [0.3, 0.4) is 0 Å². The summed E-state index contributed by atoms with van der Waals surface area (Å²) in [5.41, 5.74) is 1.70. The van der Waals surface area contributed by atoms with E-state index in [2.05, 4.69) is 30.4 Å². The molecule has 1 saturated heterocycles. The van der Waals surface area contributed by atoms with E-state index < -0.39 is 0 Å². The molecule has 176 valence electrons. The summed E-state index contributed by atoms with van der Waals surface area (Å²) in [4.78, 5) is 4.77. The first-order valence-corrected chi connectivity index (χ1v) is 11.2. The lowest BCUT2D eigenvalue weighted by atomic mass is 10.2. The van der Waals surface area contributed by atoms with E-state index in [-0.39, 0.29) is 0 Å². The van der Waals surface area contributed by atoms with Gasteiger partial charge in [0.2, 0.25) is 11.8 Å². The van der Waals surface area contributed by atoms with Crippen molar-refractivity contribution in [2.24, 2.45) is 0 Å². The van der Waals surface area contributed by atoms with Crippen LogP contribution in [0.25, 0.3) is 17.1 Å². The lowest BCUT2D eigenvalue weighted by molar-refractivity contribution is 0.191. The van der Waals surface area contributed by atoms with Gasteiger partial charge in [-0.2, -0.15) is 4.68 Å². The largest absolute Gasteiger partial charge is 0.493 e. The molecule has 3 heterocycles. The second-order valence-electron chi connectivity index (χ2n) is 7.72. The van der Waals surface area contributed by atoms with Gasteiger partial charge in [0.15, 0.2) is 11.5 Å². The molecule has 1 aliphatic rings. The molecular formula is C22H24N8O3S. The Bertz CT molecular complexity index is 1310. The zero-order chi connectivity index (χ0) is 23.5. The Morgan fingerprint density at radius 2 is 1.74 bits per heavy atom. The van der Waals surface area contributed by atoms with Crippen molar-refractivity contribution < 1.29 is 13.9 Å². The Hall–Kier alpha value is -3.77. The number of nitrogens with zero attached hydrogens (tertiary/aromatic N) is 8. The van der Waals surface area contributed by atoms with Crippen LogP contribution in [0.5, 0.6) is 11.5 Å². The van der Waals surface area contributed by atoms with Gasteiger partial charge in [0.25, 0.3) is 4.84 Å². The zero-order valence-corrected chi connectivity index (χ0v) is 19.7. The molecule has 1 fully saturated rings. The summed E-state index contributed by atoms with van der Waals surface area (Å²) in [7, 11) is 3.19. The van der Waals surface area contributed by atoms with E-state index in [0.717, 1.165) is 43.4 Å². The van der Waals surface area contributed by atoms with Crippen LogP contribution in [0.15, 0.2) is 52.9 Å². The van der Waals surface area contributed by atoms with Crippen molar-refractivity contribution in [3.8, 4) is 28.6 Å². The molecule has 0 spiro atoms. The predicted molar refractivity (Wildman–Crippen MR) is 127 cm³/mol. The molecule has 0 atom stereocenters. The van der Waals surface area contributed by atoms with Crippen LogP contribution in [0.4, 0.5) is 5.95 Å². The number of tetrazole rings is 1. The highest BCUT2D eigenvalue weighted by atomic mass is 32.1. The van der Waals surface area contributed by atoms with Crippen molar-refractivity contribution in [3.63, 3.8) is 0 Å². The normalized spacial score (nSPS) is 14.4. The van der Waals surface area contributed by atoms with Gasteiger partial charge in [-0.1, -0.05) is 23.3 Å². The van der Waals surface area contributed by atoms with E-state index in [9.17, 15) is 0 Å². The predicted octanol–water partition coefficient (Wildman–Crippen LogP) is 2.65. The van der Waals surface area contributed by atoms with E-state index in [0.29, 0.717) is 28.9 Å². The van der Waals surface area contributed by atoms with E-state index in [4.69, 9.17) is 26.1 Å². The first kappa shape index (κ1) is 22.0.